The first kappa shape index (κ1) is 13.3. The molecule has 0 aliphatic heterocycles. The van der Waals surface area contributed by atoms with Gasteiger partial charge in [0, 0.05) is 23.3 Å². The number of rotatable bonds is 5. The fourth-order valence-corrected chi connectivity index (χ4v) is 1.72. The molecule has 0 aliphatic carbocycles. The SMILES string of the molecule is CN(C)CCCNC(=O)c1ccc2c(c1)no[n+]2[O-]. The number of nitrogens with one attached hydrogen (secondary N) is 1. The van der Waals surface area contributed by atoms with Crippen LogP contribution in [0, 0.1) is 5.21 Å². The molecule has 0 fully saturated rings. The Bertz CT molecular complexity index is 579. The maximum atomic E-state index is 11.9. The number of hydrogen-bond donors (Lipinski definition) is 1. The summed E-state index contributed by atoms with van der Waals surface area (Å²) in [5.41, 5.74) is 1.14. The summed E-state index contributed by atoms with van der Waals surface area (Å²) in [5, 5.41) is 17.5. The number of nitrogens with zero attached hydrogens (tertiary/aromatic N) is 3. The molecular weight excluding hydrogens is 248 g/mol. The Hall–Kier alpha value is -2.15. The van der Waals surface area contributed by atoms with Crippen LogP contribution in [0.5, 0.6) is 0 Å². The third-order valence-corrected chi connectivity index (χ3v) is 2.72. The van der Waals surface area contributed by atoms with Crippen molar-refractivity contribution < 1.29 is 14.3 Å². The van der Waals surface area contributed by atoms with Crippen molar-refractivity contribution in [2.75, 3.05) is 27.2 Å². The number of carbonyl (C=O) groups excluding carboxylic acids is 1. The van der Waals surface area contributed by atoms with E-state index in [1.807, 2.05) is 14.1 Å². The molecule has 0 radical (unpaired) electrons. The summed E-state index contributed by atoms with van der Waals surface area (Å²) in [6.45, 7) is 1.52. The molecule has 0 spiro atoms. The van der Waals surface area contributed by atoms with E-state index in [0.717, 1.165) is 13.0 Å². The van der Waals surface area contributed by atoms with Crippen molar-refractivity contribution in [1.29, 1.82) is 0 Å². The van der Waals surface area contributed by atoms with E-state index in [-0.39, 0.29) is 5.91 Å². The quantitative estimate of drug-likeness (QED) is 0.613. The van der Waals surface area contributed by atoms with Crippen molar-refractivity contribution in [3.8, 4) is 0 Å². The molecule has 19 heavy (non-hydrogen) atoms. The molecule has 1 aromatic heterocycles. The van der Waals surface area contributed by atoms with Crippen molar-refractivity contribution in [3.63, 3.8) is 0 Å². The third kappa shape index (κ3) is 3.19. The molecular formula is C12H16N4O3. The molecule has 1 N–H and O–H groups in total. The van der Waals surface area contributed by atoms with Crippen LogP contribution in [0.1, 0.15) is 16.8 Å². The minimum absolute atomic E-state index is 0.180. The van der Waals surface area contributed by atoms with Crippen LogP contribution >= 0.6 is 0 Å². The molecule has 0 saturated carbocycles. The number of hydrogen-bond acceptors (Lipinski definition) is 5. The van der Waals surface area contributed by atoms with Gasteiger partial charge in [0.1, 0.15) is 0 Å². The smallest absolute Gasteiger partial charge is 0.251 e. The van der Waals surface area contributed by atoms with Crippen molar-refractivity contribution in [1.82, 2.24) is 15.4 Å². The average Bonchev–Trinajstić information content (AvgIpc) is 2.75. The number of carbonyl (C=O) groups is 1. The molecule has 1 heterocycles. The first-order chi connectivity index (χ1) is 9.08. The summed E-state index contributed by atoms with van der Waals surface area (Å²) in [7, 11) is 3.97. The predicted octanol–water partition coefficient (Wildman–Crippen LogP) is 0.143. The van der Waals surface area contributed by atoms with Gasteiger partial charge in [-0.3, -0.25) is 9.42 Å². The Morgan fingerprint density at radius 2 is 2.32 bits per heavy atom. The Labute approximate surface area is 110 Å². The van der Waals surface area contributed by atoms with Crippen LogP contribution in [0.2, 0.25) is 0 Å². The van der Waals surface area contributed by atoms with Gasteiger partial charge in [0.05, 0.1) is 0 Å². The zero-order valence-corrected chi connectivity index (χ0v) is 10.9. The van der Waals surface area contributed by atoms with Crippen LogP contribution in [0.4, 0.5) is 0 Å². The van der Waals surface area contributed by atoms with Crippen LogP contribution in [0.15, 0.2) is 22.8 Å². The zero-order valence-electron chi connectivity index (χ0n) is 10.9. The summed E-state index contributed by atoms with van der Waals surface area (Å²) in [4.78, 5) is 14.2. The molecule has 2 aromatic rings. The summed E-state index contributed by atoms with van der Waals surface area (Å²) < 4.78 is 4.45. The second kappa shape index (κ2) is 5.66. The lowest BCUT2D eigenvalue weighted by Crippen LogP contribution is -2.27. The molecule has 0 atom stereocenters. The molecule has 7 heteroatoms. The highest BCUT2D eigenvalue weighted by Crippen LogP contribution is 2.10. The monoisotopic (exact) mass is 264 g/mol. The number of aromatic nitrogens is 2. The number of fused-ring (bicyclic) bond motifs is 1. The highest BCUT2D eigenvalue weighted by Gasteiger charge is 2.13. The summed E-state index contributed by atoms with van der Waals surface area (Å²) in [5.74, 6) is -0.180. The Morgan fingerprint density at radius 3 is 3.05 bits per heavy atom. The van der Waals surface area contributed by atoms with Gasteiger partial charge >= 0.3 is 0 Å². The van der Waals surface area contributed by atoms with E-state index in [1.165, 1.54) is 12.1 Å². The van der Waals surface area contributed by atoms with Crippen molar-refractivity contribution >= 4 is 16.9 Å². The van der Waals surface area contributed by atoms with Gasteiger partial charge in [-0.1, -0.05) is 0 Å². The van der Waals surface area contributed by atoms with Crippen LogP contribution in [-0.2, 0) is 0 Å². The van der Waals surface area contributed by atoms with Gasteiger partial charge in [0.2, 0.25) is 11.0 Å². The van der Waals surface area contributed by atoms with E-state index >= 15 is 0 Å². The van der Waals surface area contributed by atoms with E-state index in [9.17, 15) is 10.0 Å². The van der Waals surface area contributed by atoms with E-state index < -0.39 is 0 Å². The molecule has 102 valence electrons. The molecule has 0 bridgehead atoms. The fraction of sp³-hybridized carbons (Fsp3) is 0.417. The van der Waals surface area contributed by atoms with Crippen molar-refractivity contribution in [2.24, 2.45) is 0 Å². The van der Waals surface area contributed by atoms with Gasteiger partial charge < -0.3 is 15.4 Å². The van der Waals surface area contributed by atoms with Gasteiger partial charge in [-0.2, -0.15) is 0 Å². The molecule has 0 aliphatic rings. The Balaban J connectivity index is 1.97. The van der Waals surface area contributed by atoms with Crippen LogP contribution in [-0.4, -0.2) is 43.1 Å². The topological polar surface area (TPSA) is 85.3 Å². The molecule has 2 rings (SSSR count). The number of amides is 1. The van der Waals surface area contributed by atoms with Gasteiger partial charge in [-0.15, -0.1) is 0 Å². The van der Waals surface area contributed by atoms with E-state index in [2.05, 4.69) is 20.0 Å². The second-order valence-corrected chi connectivity index (χ2v) is 4.55. The summed E-state index contributed by atoms with van der Waals surface area (Å²) >= 11 is 0. The Morgan fingerprint density at radius 1 is 1.53 bits per heavy atom. The van der Waals surface area contributed by atoms with Gasteiger partial charge in [0.15, 0.2) is 0 Å². The van der Waals surface area contributed by atoms with Gasteiger partial charge in [-0.25, -0.2) is 0 Å². The fourth-order valence-electron chi connectivity index (χ4n) is 1.72. The molecule has 1 amide bonds. The highest BCUT2D eigenvalue weighted by atomic mass is 16.8. The van der Waals surface area contributed by atoms with E-state index in [0.29, 0.717) is 28.0 Å². The molecule has 1 aromatic carbocycles. The molecule has 0 unspecified atom stereocenters. The third-order valence-electron chi connectivity index (χ3n) is 2.72. The molecule has 0 saturated heterocycles. The van der Waals surface area contributed by atoms with Crippen LogP contribution in [0.25, 0.3) is 11.0 Å². The maximum absolute atomic E-state index is 11.9. The largest absolute Gasteiger partial charge is 0.359 e. The summed E-state index contributed by atoms with van der Waals surface area (Å²) in [6.07, 6.45) is 0.880. The lowest BCUT2D eigenvalue weighted by molar-refractivity contribution is -0.782. The number of benzene rings is 1. The predicted molar refractivity (Wildman–Crippen MR) is 68.5 cm³/mol. The Kier molecular flexibility index (Phi) is 3.96. The van der Waals surface area contributed by atoms with Crippen LogP contribution in [0.3, 0.4) is 0 Å². The molecule has 7 nitrogen and oxygen atoms in total. The van der Waals surface area contributed by atoms with E-state index in [1.54, 1.807) is 6.07 Å². The average molecular weight is 264 g/mol. The minimum atomic E-state index is -0.180. The first-order valence-electron chi connectivity index (χ1n) is 6.00. The van der Waals surface area contributed by atoms with Crippen molar-refractivity contribution in [2.45, 2.75) is 6.42 Å². The van der Waals surface area contributed by atoms with E-state index in [4.69, 9.17) is 0 Å². The van der Waals surface area contributed by atoms with Crippen molar-refractivity contribution in [3.05, 3.63) is 29.0 Å². The highest BCUT2D eigenvalue weighted by molar-refractivity contribution is 5.96. The lowest BCUT2D eigenvalue weighted by Gasteiger charge is -2.09. The second-order valence-electron chi connectivity index (χ2n) is 4.55. The zero-order chi connectivity index (χ0) is 13.8. The minimum Gasteiger partial charge on any atom is -0.359 e. The van der Waals surface area contributed by atoms with Crippen LogP contribution < -0.4 is 10.2 Å². The lowest BCUT2D eigenvalue weighted by atomic mass is 10.2. The maximum Gasteiger partial charge on any atom is 0.251 e. The first-order valence-corrected chi connectivity index (χ1v) is 6.00. The standard InChI is InChI=1S/C12H16N4O3/c1-15(2)7-3-6-13-12(17)9-4-5-11-10(8-9)14-19-16(11)18/h4-5,8H,3,6-7H2,1-2H3,(H,13,17). The van der Waals surface area contributed by atoms with Gasteiger partial charge in [0.25, 0.3) is 5.91 Å². The normalized spacial score (nSPS) is 11.1. The summed E-state index contributed by atoms with van der Waals surface area (Å²) in [6, 6.07) is 4.64. The van der Waals surface area contributed by atoms with Gasteiger partial charge in [-0.05, 0) is 44.1 Å².